The second-order valence-electron chi connectivity index (χ2n) is 8.81. The number of carbonyl (C=O) groups is 2. The second-order valence-corrected chi connectivity index (χ2v) is 8.81. The van der Waals surface area contributed by atoms with Crippen molar-refractivity contribution in [1.29, 1.82) is 0 Å². The second kappa shape index (κ2) is 10.1. The number of nitrogens with two attached hydrogens (primary N) is 1. The Kier molecular flexibility index (Phi) is 6.93. The fourth-order valence-corrected chi connectivity index (χ4v) is 4.24. The van der Waals surface area contributed by atoms with E-state index in [4.69, 9.17) is 15.6 Å². The first kappa shape index (κ1) is 23.4. The van der Waals surface area contributed by atoms with Crippen LogP contribution in [-0.4, -0.2) is 53.7 Å². The maximum absolute atomic E-state index is 13.4. The summed E-state index contributed by atoms with van der Waals surface area (Å²) in [5.41, 5.74) is 8.22. The predicted octanol–water partition coefficient (Wildman–Crippen LogP) is 3.72. The average molecular weight is 459 g/mol. The fourth-order valence-electron chi connectivity index (χ4n) is 4.24. The molecule has 0 aromatic heterocycles. The van der Waals surface area contributed by atoms with Gasteiger partial charge in [0.15, 0.2) is 0 Å². The molecule has 0 bridgehead atoms. The van der Waals surface area contributed by atoms with Crippen molar-refractivity contribution in [2.75, 3.05) is 20.2 Å². The summed E-state index contributed by atoms with van der Waals surface area (Å²) in [7, 11) is 1.63. The van der Waals surface area contributed by atoms with E-state index in [1.807, 2.05) is 56.3 Å². The highest BCUT2D eigenvalue weighted by Crippen LogP contribution is 2.34. The highest BCUT2D eigenvalue weighted by molar-refractivity contribution is 6.05. The Morgan fingerprint density at radius 3 is 2.41 bits per heavy atom. The van der Waals surface area contributed by atoms with Gasteiger partial charge in [0.25, 0.3) is 5.91 Å². The van der Waals surface area contributed by atoms with Crippen molar-refractivity contribution in [3.05, 3.63) is 77.9 Å². The molecular weight excluding hydrogens is 428 g/mol. The minimum Gasteiger partial charge on any atom is -0.497 e. The maximum Gasteiger partial charge on any atom is 0.257 e. The van der Waals surface area contributed by atoms with E-state index < -0.39 is 5.91 Å². The van der Waals surface area contributed by atoms with Gasteiger partial charge in [-0.3, -0.25) is 14.5 Å². The molecular formula is C27H30N4O3. The summed E-state index contributed by atoms with van der Waals surface area (Å²) < 4.78 is 5.29. The van der Waals surface area contributed by atoms with Crippen LogP contribution in [0.25, 0.3) is 10.8 Å². The quantitative estimate of drug-likeness (QED) is 0.557. The topological polar surface area (TPSA) is 88.2 Å². The molecule has 3 aromatic carbocycles. The van der Waals surface area contributed by atoms with Crippen LogP contribution in [0.4, 0.5) is 0 Å². The summed E-state index contributed by atoms with van der Waals surface area (Å²) in [6, 6.07) is 21.9. The van der Waals surface area contributed by atoms with Gasteiger partial charge >= 0.3 is 0 Å². The lowest BCUT2D eigenvalue weighted by molar-refractivity contribution is -0.135. The summed E-state index contributed by atoms with van der Waals surface area (Å²) in [6.07, 6.45) is 0.591. The standard InChI is InChI=1S/C27H30N4O3/c1-18(2)30(16-26(28)32)17-27(33)31-25(20-10-12-23(34-3)13-11-20)15-24(29-31)22-9-8-19-6-4-5-7-21(19)14-22/h4-14,18,25H,15-17H2,1-3H3,(H2,28,32). The van der Waals surface area contributed by atoms with E-state index in [0.717, 1.165) is 33.4 Å². The van der Waals surface area contributed by atoms with Gasteiger partial charge in [-0.15, -0.1) is 0 Å². The van der Waals surface area contributed by atoms with E-state index >= 15 is 0 Å². The number of primary amides is 1. The third-order valence-corrected chi connectivity index (χ3v) is 6.18. The van der Waals surface area contributed by atoms with Crippen LogP contribution in [0.3, 0.4) is 0 Å². The molecule has 1 aliphatic rings. The summed E-state index contributed by atoms with van der Waals surface area (Å²) in [5, 5.41) is 8.62. The van der Waals surface area contributed by atoms with E-state index in [9.17, 15) is 9.59 Å². The van der Waals surface area contributed by atoms with Gasteiger partial charge in [-0.2, -0.15) is 5.10 Å². The molecule has 0 saturated heterocycles. The molecule has 4 rings (SSSR count). The van der Waals surface area contributed by atoms with Gasteiger partial charge in [0, 0.05) is 12.5 Å². The first-order chi connectivity index (χ1) is 16.4. The number of hydrazone groups is 1. The number of methoxy groups -OCH3 is 1. The summed E-state index contributed by atoms with van der Waals surface area (Å²) in [4.78, 5) is 26.7. The Balaban J connectivity index is 1.67. The number of benzene rings is 3. The lowest BCUT2D eigenvalue weighted by Crippen LogP contribution is -2.45. The highest BCUT2D eigenvalue weighted by atomic mass is 16.5. The Labute approximate surface area is 199 Å². The van der Waals surface area contributed by atoms with Gasteiger partial charge in [0.1, 0.15) is 5.75 Å². The maximum atomic E-state index is 13.4. The Morgan fingerprint density at radius 2 is 1.76 bits per heavy atom. The van der Waals surface area contributed by atoms with Crippen molar-refractivity contribution < 1.29 is 14.3 Å². The van der Waals surface area contributed by atoms with Crippen molar-refractivity contribution in [1.82, 2.24) is 9.91 Å². The number of rotatable bonds is 8. The molecule has 0 radical (unpaired) electrons. The zero-order valence-electron chi connectivity index (χ0n) is 19.8. The van der Waals surface area contributed by atoms with Crippen LogP contribution in [0.2, 0.25) is 0 Å². The number of hydrogen-bond acceptors (Lipinski definition) is 5. The molecule has 2 N–H and O–H groups in total. The summed E-state index contributed by atoms with van der Waals surface area (Å²) in [5.74, 6) is 0.115. The molecule has 0 saturated carbocycles. The van der Waals surface area contributed by atoms with Gasteiger partial charge in [-0.05, 0) is 53.9 Å². The van der Waals surface area contributed by atoms with Gasteiger partial charge in [-0.25, -0.2) is 5.01 Å². The van der Waals surface area contributed by atoms with Gasteiger partial charge in [-0.1, -0.05) is 48.5 Å². The minimum atomic E-state index is -0.463. The minimum absolute atomic E-state index is 0.0116. The summed E-state index contributed by atoms with van der Waals surface area (Å²) in [6.45, 7) is 3.95. The SMILES string of the molecule is COc1ccc(C2CC(c3ccc4ccccc4c3)=NN2C(=O)CN(CC(N)=O)C(C)C)cc1. The number of amides is 2. The van der Waals surface area contributed by atoms with E-state index in [1.165, 1.54) is 0 Å². The lowest BCUT2D eigenvalue weighted by atomic mass is 9.97. The molecule has 176 valence electrons. The first-order valence-corrected chi connectivity index (χ1v) is 11.4. The zero-order valence-corrected chi connectivity index (χ0v) is 19.8. The van der Waals surface area contributed by atoms with Crippen molar-refractivity contribution in [3.63, 3.8) is 0 Å². The van der Waals surface area contributed by atoms with E-state index in [1.54, 1.807) is 17.0 Å². The molecule has 1 unspecified atom stereocenters. The third kappa shape index (κ3) is 5.10. The van der Waals surface area contributed by atoms with Crippen molar-refractivity contribution >= 4 is 28.3 Å². The van der Waals surface area contributed by atoms with E-state index in [-0.39, 0.29) is 31.1 Å². The molecule has 0 fully saturated rings. The van der Waals surface area contributed by atoms with E-state index in [0.29, 0.717) is 6.42 Å². The monoisotopic (exact) mass is 458 g/mol. The molecule has 7 nitrogen and oxygen atoms in total. The van der Waals surface area contributed by atoms with Crippen LogP contribution in [0.1, 0.15) is 37.4 Å². The number of carbonyl (C=O) groups excluding carboxylic acids is 2. The van der Waals surface area contributed by atoms with Crippen molar-refractivity contribution in [3.8, 4) is 5.75 Å². The normalized spacial score (nSPS) is 15.7. The molecule has 7 heteroatoms. The van der Waals surface area contributed by atoms with E-state index in [2.05, 4.69) is 24.3 Å². The molecule has 1 aliphatic heterocycles. The van der Waals surface area contributed by atoms with Crippen LogP contribution in [-0.2, 0) is 9.59 Å². The number of hydrogen-bond donors (Lipinski definition) is 1. The summed E-state index contributed by atoms with van der Waals surface area (Å²) >= 11 is 0. The number of ether oxygens (including phenoxy) is 1. The van der Waals surface area contributed by atoms with Crippen LogP contribution in [0, 0.1) is 0 Å². The van der Waals surface area contributed by atoms with Crippen LogP contribution < -0.4 is 10.5 Å². The Hall–Kier alpha value is -3.71. The average Bonchev–Trinajstić information content (AvgIpc) is 3.28. The molecule has 3 aromatic rings. The zero-order chi connectivity index (χ0) is 24.2. The highest BCUT2D eigenvalue weighted by Gasteiger charge is 2.34. The number of fused-ring (bicyclic) bond motifs is 1. The van der Waals surface area contributed by atoms with Crippen LogP contribution in [0.15, 0.2) is 71.8 Å². The smallest absolute Gasteiger partial charge is 0.257 e. The van der Waals surface area contributed by atoms with Gasteiger partial charge in [0.05, 0.1) is 32.0 Å². The Bertz CT molecular complexity index is 1220. The van der Waals surface area contributed by atoms with Crippen molar-refractivity contribution in [2.45, 2.75) is 32.4 Å². The van der Waals surface area contributed by atoms with Gasteiger partial charge in [0.2, 0.25) is 5.91 Å². The number of nitrogens with zero attached hydrogens (tertiary/aromatic N) is 3. The third-order valence-electron chi connectivity index (χ3n) is 6.18. The molecule has 0 aliphatic carbocycles. The molecule has 1 atom stereocenters. The van der Waals surface area contributed by atoms with Crippen LogP contribution >= 0.6 is 0 Å². The molecule has 34 heavy (non-hydrogen) atoms. The van der Waals surface area contributed by atoms with Crippen LogP contribution in [0.5, 0.6) is 5.75 Å². The molecule has 2 amide bonds. The largest absolute Gasteiger partial charge is 0.497 e. The first-order valence-electron chi connectivity index (χ1n) is 11.4. The Morgan fingerprint density at radius 1 is 1.06 bits per heavy atom. The van der Waals surface area contributed by atoms with Crippen molar-refractivity contribution in [2.24, 2.45) is 10.8 Å². The fraction of sp³-hybridized carbons (Fsp3) is 0.296. The predicted molar refractivity (Wildman–Crippen MR) is 134 cm³/mol. The molecule has 1 heterocycles. The van der Waals surface area contributed by atoms with Gasteiger partial charge < -0.3 is 10.5 Å². The molecule has 0 spiro atoms. The lowest BCUT2D eigenvalue weighted by Gasteiger charge is -2.28.